The predicted molar refractivity (Wildman–Crippen MR) is 126 cm³/mol. The SMILES string of the molecule is COC[C@H](C)N(C)C(=O)[C@H]1CCc2c(sc3ncnc(Nc4ccn5nccc5c4)c23)C1. The number of nitrogens with zero attached hydrogens (tertiary/aromatic N) is 5. The number of carbonyl (C=O) groups excluding carboxylic acids is 1. The minimum absolute atomic E-state index is 0.00601. The summed E-state index contributed by atoms with van der Waals surface area (Å²) in [4.78, 5) is 26.2. The highest BCUT2D eigenvalue weighted by atomic mass is 32.1. The Kier molecular flexibility index (Phi) is 5.52. The van der Waals surface area contributed by atoms with Crippen LogP contribution in [0.1, 0.15) is 23.8 Å². The van der Waals surface area contributed by atoms with Gasteiger partial charge in [-0.05, 0) is 49.9 Å². The third-order valence-corrected chi connectivity index (χ3v) is 7.44. The van der Waals surface area contributed by atoms with E-state index in [1.165, 1.54) is 10.4 Å². The topological polar surface area (TPSA) is 84.6 Å². The lowest BCUT2D eigenvalue weighted by Gasteiger charge is -2.30. The van der Waals surface area contributed by atoms with Crippen molar-refractivity contribution in [1.29, 1.82) is 0 Å². The molecule has 1 aliphatic rings. The molecule has 166 valence electrons. The molecule has 0 saturated carbocycles. The van der Waals surface area contributed by atoms with E-state index in [2.05, 4.69) is 20.4 Å². The molecule has 1 N–H and O–H groups in total. The lowest BCUT2D eigenvalue weighted by Crippen LogP contribution is -2.42. The summed E-state index contributed by atoms with van der Waals surface area (Å²) >= 11 is 1.68. The molecule has 4 aromatic heterocycles. The Morgan fingerprint density at radius 1 is 1.41 bits per heavy atom. The first kappa shape index (κ1) is 20.8. The molecule has 0 spiro atoms. The molecule has 4 aromatic rings. The van der Waals surface area contributed by atoms with Gasteiger partial charge in [0.25, 0.3) is 0 Å². The number of methoxy groups -OCH3 is 1. The number of carbonyl (C=O) groups is 1. The van der Waals surface area contributed by atoms with Gasteiger partial charge in [-0.1, -0.05) is 0 Å². The van der Waals surface area contributed by atoms with Gasteiger partial charge in [0, 0.05) is 43.0 Å². The number of hydrogen-bond acceptors (Lipinski definition) is 7. The summed E-state index contributed by atoms with van der Waals surface area (Å²) in [5, 5.41) is 8.80. The Morgan fingerprint density at radius 3 is 3.12 bits per heavy atom. The van der Waals surface area contributed by atoms with Crippen LogP contribution < -0.4 is 5.32 Å². The quantitative estimate of drug-likeness (QED) is 0.482. The lowest BCUT2D eigenvalue weighted by atomic mass is 9.86. The second-order valence-corrected chi connectivity index (χ2v) is 9.42. The molecule has 0 aliphatic heterocycles. The number of pyridine rings is 1. The number of amides is 1. The first-order chi connectivity index (χ1) is 15.5. The number of aromatic nitrogens is 4. The average molecular weight is 451 g/mol. The van der Waals surface area contributed by atoms with E-state index in [1.54, 1.807) is 31.0 Å². The summed E-state index contributed by atoms with van der Waals surface area (Å²) < 4.78 is 7.05. The van der Waals surface area contributed by atoms with Crippen LogP contribution in [0.2, 0.25) is 0 Å². The zero-order valence-electron chi connectivity index (χ0n) is 18.4. The number of rotatable bonds is 6. The van der Waals surface area contributed by atoms with Crippen molar-refractivity contribution in [2.45, 2.75) is 32.2 Å². The lowest BCUT2D eigenvalue weighted by molar-refractivity contribution is -0.137. The average Bonchev–Trinajstić information content (AvgIpc) is 3.42. The van der Waals surface area contributed by atoms with Crippen molar-refractivity contribution in [3.05, 3.63) is 47.4 Å². The van der Waals surface area contributed by atoms with Gasteiger partial charge in [0.2, 0.25) is 5.91 Å². The molecule has 1 aliphatic carbocycles. The zero-order chi connectivity index (χ0) is 22.2. The van der Waals surface area contributed by atoms with Crippen LogP contribution in [0.3, 0.4) is 0 Å². The van der Waals surface area contributed by atoms with E-state index in [0.717, 1.165) is 46.5 Å². The third kappa shape index (κ3) is 3.71. The van der Waals surface area contributed by atoms with Gasteiger partial charge in [-0.15, -0.1) is 11.3 Å². The summed E-state index contributed by atoms with van der Waals surface area (Å²) in [5.41, 5.74) is 3.24. The van der Waals surface area contributed by atoms with Gasteiger partial charge < -0.3 is 15.0 Å². The molecular weight excluding hydrogens is 424 g/mol. The Morgan fingerprint density at radius 2 is 2.28 bits per heavy atom. The standard InChI is InChI=1S/C23H26N6O2S/c1-14(12-31-3)28(2)23(30)15-4-5-18-19(10-15)32-22-20(18)21(24-13-25-22)27-16-7-9-29-17(11-16)6-8-26-29/h6-9,11,13-15H,4-5,10,12H2,1-3H3,(H,24,25,27)/t14-,15-/m0/s1. The van der Waals surface area contributed by atoms with Crippen molar-refractivity contribution in [1.82, 2.24) is 24.5 Å². The molecule has 9 heteroatoms. The van der Waals surface area contributed by atoms with E-state index < -0.39 is 0 Å². The molecule has 5 rings (SSSR count). The number of thiophene rings is 1. The monoisotopic (exact) mass is 450 g/mol. The Labute approximate surface area is 190 Å². The van der Waals surface area contributed by atoms with Crippen molar-refractivity contribution in [3.63, 3.8) is 0 Å². The number of anilines is 2. The largest absolute Gasteiger partial charge is 0.383 e. The number of fused-ring (bicyclic) bond motifs is 4. The van der Waals surface area contributed by atoms with E-state index in [9.17, 15) is 4.79 Å². The Balaban J connectivity index is 1.42. The van der Waals surface area contributed by atoms with Crippen LogP contribution in [0.4, 0.5) is 11.5 Å². The number of hydrogen-bond donors (Lipinski definition) is 1. The van der Waals surface area contributed by atoms with Crippen LogP contribution in [0.15, 0.2) is 36.9 Å². The molecule has 32 heavy (non-hydrogen) atoms. The highest BCUT2D eigenvalue weighted by Gasteiger charge is 2.31. The normalized spacial score (nSPS) is 16.8. The Bertz CT molecular complexity index is 1280. The second-order valence-electron chi connectivity index (χ2n) is 8.34. The molecule has 0 unspecified atom stereocenters. The van der Waals surface area contributed by atoms with Crippen molar-refractivity contribution >= 4 is 44.5 Å². The van der Waals surface area contributed by atoms with Crippen molar-refractivity contribution in [3.8, 4) is 0 Å². The summed E-state index contributed by atoms with van der Waals surface area (Å²) in [6.07, 6.45) is 7.74. The van der Waals surface area contributed by atoms with Crippen LogP contribution in [0.25, 0.3) is 15.7 Å². The minimum atomic E-state index is -0.00601. The molecule has 4 heterocycles. The van der Waals surface area contributed by atoms with Gasteiger partial charge in [0.15, 0.2) is 0 Å². The highest BCUT2D eigenvalue weighted by molar-refractivity contribution is 7.19. The number of nitrogens with one attached hydrogen (secondary N) is 1. The van der Waals surface area contributed by atoms with Crippen molar-refractivity contribution in [2.75, 3.05) is 26.1 Å². The summed E-state index contributed by atoms with van der Waals surface area (Å²) in [6.45, 7) is 2.56. The molecule has 0 fully saturated rings. The maximum atomic E-state index is 13.1. The van der Waals surface area contributed by atoms with Gasteiger partial charge >= 0.3 is 0 Å². The van der Waals surface area contributed by atoms with E-state index >= 15 is 0 Å². The fourth-order valence-corrected chi connectivity index (χ4v) is 5.68. The van der Waals surface area contributed by atoms with E-state index in [-0.39, 0.29) is 17.9 Å². The second kappa shape index (κ2) is 8.48. The van der Waals surface area contributed by atoms with Gasteiger partial charge in [-0.2, -0.15) is 5.10 Å². The molecule has 8 nitrogen and oxygen atoms in total. The highest BCUT2D eigenvalue weighted by Crippen LogP contribution is 2.40. The molecule has 0 aromatic carbocycles. The molecule has 2 atom stereocenters. The summed E-state index contributed by atoms with van der Waals surface area (Å²) in [7, 11) is 3.54. The van der Waals surface area contributed by atoms with Gasteiger partial charge in [-0.25, -0.2) is 14.5 Å². The van der Waals surface area contributed by atoms with Gasteiger partial charge in [-0.3, -0.25) is 4.79 Å². The van der Waals surface area contributed by atoms with Crippen LogP contribution >= 0.6 is 11.3 Å². The predicted octanol–water partition coefficient (Wildman–Crippen LogP) is 3.68. The van der Waals surface area contributed by atoms with Crippen LogP contribution in [-0.2, 0) is 22.4 Å². The molecule has 0 bridgehead atoms. The first-order valence-electron chi connectivity index (χ1n) is 10.8. The third-order valence-electron chi connectivity index (χ3n) is 6.27. The van der Waals surface area contributed by atoms with E-state index in [0.29, 0.717) is 6.61 Å². The fourth-order valence-electron chi connectivity index (χ4n) is 4.41. The van der Waals surface area contributed by atoms with E-state index in [4.69, 9.17) is 4.74 Å². The van der Waals surface area contributed by atoms with Gasteiger partial charge in [0.1, 0.15) is 17.0 Å². The zero-order valence-corrected chi connectivity index (χ0v) is 19.2. The molecule has 1 amide bonds. The molecule has 0 saturated heterocycles. The summed E-state index contributed by atoms with van der Waals surface area (Å²) in [5.74, 6) is 0.997. The van der Waals surface area contributed by atoms with Crippen molar-refractivity contribution < 1.29 is 9.53 Å². The summed E-state index contributed by atoms with van der Waals surface area (Å²) in [6, 6.07) is 6.06. The molecular formula is C23H26N6O2S. The Hall–Kier alpha value is -3.04. The van der Waals surface area contributed by atoms with Crippen molar-refractivity contribution in [2.24, 2.45) is 5.92 Å². The maximum Gasteiger partial charge on any atom is 0.226 e. The number of aryl methyl sites for hydroxylation is 1. The van der Waals surface area contributed by atoms with E-state index in [1.807, 2.05) is 47.8 Å². The maximum absolute atomic E-state index is 13.1. The first-order valence-corrected chi connectivity index (χ1v) is 11.6. The number of ether oxygens (including phenoxy) is 1. The van der Waals surface area contributed by atoms with Crippen LogP contribution in [0, 0.1) is 5.92 Å². The minimum Gasteiger partial charge on any atom is -0.383 e. The number of likely N-dealkylation sites (N-methyl/N-ethyl adjacent to an activating group) is 1. The van der Waals surface area contributed by atoms with Gasteiger partial charge in [0.05, 0.1) is 23.6 Å². The molecule has 0 radical (unpaired) electrons. The fraction of sp³-hybridized carbons (Fsp3) is 0.391. The van der Waals surface area contributed by atoms with Crippen LogP contribution in [-0.4, -0.2) is 57.2 Å². The van der Waals surface area contributed by atoms with Crippen LogP contribution in [0.5, 0.6) is 0 Å². The smallest absolute Gasteiger partial charge is 0.226 e.